The third-order valence-electron chi connectivity index (χ3n) is 11.9. The van der Waals surface area contributed by atoms with E-state index in [-0.39, 0.29) is 37.6 Å². The number of carbonyl (C=O) groups is 3. The predicted molar refractivity (Wildman–Crippen MR) is 248 cm³/mol. The highest BCUT2D eigenvalue weighted by molar-refractivity contribution is 7.89. The lowest BCUT2D eigenvalue weighted by Crippen LogP contribution is -2.65. The highest BCUT2D eigenvalue weighted by Crippen LogP contribution is 2.29. The van der Waals surface area contributed by atoms with Gasteiger partial charge in [-0.25, -0.2) is 5.26 Å². The Hall–Kier alpha value is -3.08. The van der Waals surface area contributed by atoms with Crippen LogP contribution in [-0.4, -0.2) is 76.7 Å². The molecule has 2 aromatic rings. The van der Waals surface area contributed by atoms with Gasteiger partial charge < -0.3 is 29.7 Å². The van der Waals surface area contributed by atoms with Crippen LogP contribution in [0.3, 0.4) is 0 Å². The van der Waals surface area contributed by atoms with Crippen molar-refractivity contribution >= 4 is 30.2 Å². The fourth-order valence-corrected chi connectivity index (χ4v) is 8.62. The van der Waals surface area contributed by atoms with E-state index in [1.165, 1.54) is 43.2 Å². The van der Waals surface area contributed by atoms with Crippen LogP contribution in [0.25, 0.3) is 0 Å². The summed E-state index contributed by atoms with van der Waals surface area (Å²) < 4.78 is 27.4. The molecule has 0 saturated carbocycles. The van der Waals surface area contributed by atoms with Gasteiger partial charge in [0.05, 0.1) is 13.0 Å². The fraction of sp³-hybridized carbons (Fsp3) is 0.700. The smallest absolute Gasteiger partial charge is 0.306 e. The van der Waals surface area contributed by atoms with Crippen LogP contribution in [0.1, 0.15) is 179 Å². The van der Waals surface area contributed by atoms with Crippen molar-refractivity contribution in [1.29, 1.82) is 0 Å². The molecule has 0 aliphatic carbocycles. The minimum Gasteiger partial charge on any atom is -0.462 e. The summed E-state index contributed by atoms with van der Waals surface area (Å²) in [6, 6.07) is 19.5. The maximum absolute atomic E-state index is 13.8. The maximum Gasteiger partial charge on any atom is 0.306 e. The molecule has 1 heterocycles. The number of aliphatic hydroxyl groups excluding tert-OH is 2. The number of nitrogens with one attached hydrogen (secondary N) is 1. The lowest BCUT2D eigenvalue weighted by molar-refractivity contribution is -0.435. The molecule has 14 heteroatoms. The van der Waals surface area contributed by atoms with Crippen LogP contribution in [0.5, 0.6) is 0 Å². The Balaban J connectivity index is 1.54. The number of aryl methyl sites for hydroxylation is 2. The Bertz CT molecular complexity index is 1470. The van der Waals surface area contributed by atoms with Gasteiger partial charge in [-0.15, -0.1) is 4.33 Å². The van der Waals surface area contributed by atoms with Crippen molar-refractivity contribution in [2.24, 2.45) is 0 Å². The number of amides is 1. The van der Waals surface area contributed by atoms with E-state index in [4.69, 9.17) is 23.7 Å². The van der Waals surface area contributed by atoms with E-state index in [2.05, 4.69) is 58.0 Å². The number of esters is 2. The maximum atomic E-state index is 13.8. The van der Waals surface area contributed by atoms with E-state index in [1.807, 2.05) is 24.3 Å². The van der Waals surface area contributed by atoms with Gasteiger partial charge in [-0.2, -0.15) is 0 Å². The Morgan fingerprint density at radius 1 is 0.672 bits per heavy atom. The first-order valence-corrected chi connectivity index (χ1v) is 25.0. The third-order valence-corrected chi connectivity index (χ3v) is 12.3. The molecule has 64 heavy (non-hydrogen) atoms. The van der Waals surface area contributed by atoms with Gasteiger partial charge in [0, 0.05) is 12.8 Å². The van der Waals surface area contributed by atoms with Crippen molar-refractivity contribution in [1.82, 2.24) is 5.32 Å². The van der Waals surface area contributed by atoms with Gasteiger partial charge in [0.15, 0.2) is 24.7 Å². The molecule has 6 atom stereocenters. The van der Waals surface area contributed by atoms with Crippen LogP contribution in [0.15, 0.2) is 60.7 Å². The quantitative estimate of drug-likeness (QED) is 0.0165. The van der Waals surface area contributed by atoms with E-state index >= 15 is 0 Å². The van der Waals surface area contributed by atoms with Crippen molar-refractivity contribution in [3.05, 3.63) is 71.8 Å². The van der Waals surface area contributed by atoms with E-state index in [0.29, 0.717) is 19.3 Å². The minimum atomic E-state index is -1.69. The topological polar surface area (TPSA) is 179 Å². The van der Waals surface area contributed by atoms with Crippen molar-refractivity contribution in [3.63, 3.8) is 0 Å². The third kappa shape index (κ3) is 25.0. The summed E-state index contributed by atoms with van der Waals surface area (Å²) in [4.78, 5) is 40.1. The molecular formula is C50H79NO12S. The summed E-state index contributed by atoms with van der Waals surface area (Å²) in [6.45, 7) is 1.57. The number of ether oxygens (including phenoxy) is 3. The van der Waals surface area contributed by atoms with Gasteiger partial charge in [0.2, 0.25) is 5.91 Å². The summed E-state index contributed by atoms with van der Waals surface area (Å²) in [5.74, 6) is -1.48. The molecule has 0 spiro atoms. The van der Waals surface area contributed by atoms with E-state index < -0.39 is 55.2 Å². The lowest BCUT2D eigenvalue weighted by Gasteiger charge is -2.43. The molecule has 1 amide bonds. The molecule has 3 rings (SSSR count). The molecule has 1 unspecified atom stereocenters. The Morgan fingerprint density at radius 3 is 1.70 bits per heavy atom. The zero-order valence-electron chi connectivity index (χ0n) is 38.5. The number of carbonyl (C=O) groups excluding carboxylic acids is 3. The average molecular weight is 918 g/mol. The molecule has 1 aliphatic heterocycles. The SMILES string of the molecule is CCCCCCCCCCC[C@H](CC(=O)N[C@H]1C(O)O[C@H](CO)[C@@H](OSOOO)[C@@H]1OC(=O)CCCCCCCCc1ccccc1)OC(=O)CCCCCCCCc1ccccc1. The second-order valence-corrected chi connectivity index (χ2v) is 17.7. The van der Waals surface area contributed by atoms with Crippen LogP contribution in [0, 0.1) is 0 Å². The van der Waals surface area contributed by atoms with Gasteiger partial charge in [-0.05, 0) is 62.5 Å². The van der Waals surface area contributed by atoms with Crippen LogP contribution < -0.4 is 5.32 Å². The summed E-state index contributed by atoms with van der Waals surface area (Å²) in [5.41, 5.74) is 2.68. The van der Waals surface area contributed by atoms with Crippen LogP contribution in [0.2, 0.25) is 0 Å². The van der Waals surface area contributed by atoms with E-state index in [0.717, 1.165) is 103 Å². The first-order chi connectivity index (χ1) is 31.3. The summed E-state index contributed by atoms with van der Waals surface area (Å²) >= 11 is 0.203. The van der Waals surface area contributed by atoms with Gasteiger partial charge in [0.25, 0.3) is 0 Å². The average Bonchev–Trinajstić information content (AvgIpc) is 3.30. The summed E-state index contributed by atoms with van der Waals surface area (Å²) in [5, 5.41) is 36.3. The van der Waals surface area contributed by atoms with Gasteiger partial charge >= 0.3 is 11.9 Å². The highest BCUT2D eigenvalue weighted by atomic mass is 32.2. The van der Waals surface area contributed by atoms with Crippen molar-refractivity contribution < 1.29 is 57.6 Å². The number of hydrogen-bond acceptors (Lipinski definition) is 13. The standard InChI is InChI=1S/C50H79NO12S/c1-2-3-4-5-6-7-8-15-26-35-42(58-45(54)36-27-16-11-9-13-20-29-40-31-22-18-23-32-40)38-44(53)51-47-49(48(61-64-63-62-57)43(39-52)59-50(47)56)60-46(55)37-28-17-12-10-14-21-30-41-33-24-19-25-34-41/h18-19,22-25,31-34,42-43,47-50,52,56-57H,2-17,20-21,26-30,35-39H2,1H3,(H,51,53)/t42-,43-,47-,48-,49-,50?/m1/s1. The first-order valence-electron chi connectivity index (χ1n) is 24.3. The van der Waals surface area contributed by atoms with Crippen molar-refractivity contribution in [2.75, 3.05) is 6.61 Å². The second kappa shape index (κ2) is 36.1. The number of rotatable bonds is 38. The van der Waals surface area contributed by atoms with E-state index in [1.54, 1.807) is 0 Å². The van der Waals surface area contributed by atoms with Gasteiger partial charge in [-0.1, -0.05) is 175 Å². The lowest BCUT2D eigenvalue weighted by atomic mass is 9.96. The molecule has 1 aliphatic rings. The monoisotopic (exact) mass is 918 g/mol. The molecule has 1 saturated heterocycles. The number of unbranched alkanes of at least 4 members (excludes halogenated alkanes) is 18. The van der Waals surface area contributed by atoms with Crippen LogP contribution in [-0.2, 0) is 55.0 Å². The number of benzene rings is 2. The number of hydrogen-bond donors (Lipinski definition) is 4. The van der Waals surface area contributed by atoms with Crippen molar-refractivity contribution in [2.45, 2.75) is 217 Å². The summed E-state index contributed by atoms with van der Waals surface area (Å²) in [6.07, 6.45) is 18.4. The highest BCUT2D eigenvalue weighted by Gasteiger charge is 2.49. The van der Waals surface area contributed by atoms with Gasteiger partial charge in [-0.3, -0.25) is 18.6 Å². The Morgan fingerprint density at radius 2 is 1.17 bits per heavy atom. The number of aliphatic hydroxyl groups is 2. The minimum absolute atomic E-state index is 0.0864. The molecule has 2 aromatic carbocycles. The first kappa shape index (κ1) is 55.2. The zero-order valence-corrected chi connectivity index (χ0v) is 39.3. The van der Waals surface area contributed by atoms with Crippen LogP contribution >= 0.6 is 12.3 Å². The molecule has 4 N–H and O–H groups in total. The molecule has 0 bridgehead atoms. The largest absolute Gasteiger partial charge is 0.462 e. The molecular weight excluding hydrogens is 839 g/mol. The molecule has 13 nitrogen and oxygen atoms in total. The Kier molecular flexibility index (Phi) is 31.2. The predicted octanol–water partition coefficient (Wildman–Crippen LogP) is 10.6. The van der Waals surface area contributed by atoms with Gasteiger partial charge in [0.1, 0.15) is 24.4 Å². The zero-order chi connectivity index (χ0) is 45.9. The van der Waals surface area contributed by atoms with Crippen LogP contribution in [0.4, 0.5) is 0 Å². The van der Waals surface area contributed by atoms with Crippen molar-refractivity contribution in [3.8, 4) is 0 Å². The fourth-order valence-electron chi connectivity index (χ4n) is 8.24. The molecule has 362 valence electrons. The normalized spacial score (nSPS) is 19.0. The summed E-state index contributed by atoms with van der Waals surface area (Å²) in [7, 11) is 0. The Labute approximate surface area is 387 Å². The second-order valence-electron chi connectivity index (χ2n) is 17.2. The van der Waals surface area contributed by atoms with E-state index in [9.17, 15) is 24.6 Å². The molecule has 0 aromatic heterocycles. The molecule has 0 radical (unpaired) electrons. The molecule has 1 fully saturated rings.